The molecular formula is C17H20N6O. The smallest absolute Gasteiger partial charge is 0.322 e. The van der Waals surface area contributed by atoms with Gasteiger partial charge in [0.25, 0.3) is 0 Å². The molecule has 1 aliphatic heterocycles. The molecule has 7 nitrogen and oxygen atoms in total. The van der Waals surface area contributed by atoms with Crippen LogP contribution in [0.5, 0.6) is 6.01 Å². The van der Waals surface area contributed by atoms with Crippen molar-refractivity contribution in [1.82, 2.24) is 24.9 Å². The number of aromatic nitrogens is 4. The summed E-state index contributed by atoms with van der Waals surface area (Å²) in [5.41, 5.74) is 8.79. The summed E-state index contributed by atoms with van der Waals surface area (Å²) in [7, 11) is 0. The third-order valence-electron chi connectivity index (χ3n) is 4.38. The molecule has 7 heteroatoms. The molecule has 2 aromatic heterocycles. The summed E-state index contributed by atoms with van der Waals surface area (Å²) in [5.74, 6) is 0.433. The summed E-state index contributed by atoms with van der Waals surface area (Å²) in [5, 5.41) is 7.81. The van der Waals surface area contributed by atoms with E-state index in [0.717, 1.165) is 25.2 Å². The molecule has 1 saturated heterocycles. The molecular weight excluding hydrogens is 304 g/mol. The van der Waals surface area contributed by atoms with Crippen LogP contribution in [-0.2, 0) is 0 Å². The van der Waals surface area contributed by atoms with Crippen molar-refractivity contribution in [3.05, 3.63) is 47.7 Å². The standard InChI is InChI=1S/C17H20N6O/c1-11(12-5-3-2-4-6-12)14-9-15-20-17(21-16(18)23(15)22-14)24-13-7-8-19-10-13/h2-6,9,11,13,19H,7-8,10H2,1H3,(H2,18,20,21)/t11-,13+/m0/s1. The molecule has 0 aliphatic carbocycles. The lowest BCUT2D eigenvalue weighted by Gasteiger charge is -2.10. The Bertz CT molecular complexity index is 841. The molecule has 3 aromatic rings. The molecule has 1 fully saturated rings. The fraction of sp³-hybridized carbons (Fsp3) is 0.353. The Balaban J connectivity index is 1.66. The summed E-state index contributed by atoms with van der Waals surface area (Å²) >= 11 is 0. The van der Waals surface area contributed by atoms with Crippen molar-refractivity contribution >= 4 is 11.6 Å². The zero-order valence-corrected chi connectivity index (χ0v) is 13.5. The van der Waals surface area contributed by atoms with E-state index in [1.165, 1.54) is 5.56 Å². The third-order valence-corrected chi connectivity index (χ3v) is 4.38. The number of nitrogens with one attached hydrogen (secondary N) is 1. The van der Waals surface area contributed by atoms with Gasteiger partial charge in [-0.3, -0.25) is 0 Å². The van der Waals surface area contributed by atoms with Gasteiger partial charge in [-0.1, -0.05) is 37.3 Å². The highest BCUT2D eigenvalue weighted by Crippen LogP contribution is 2.24. The lowest BCUT2D eigenvalue weighted by molar-refractivity contribution is 0.204. The van der Waals surface area contributed by atoms with Gasteiger partial charge in [-0.15, -0.1) is 0 Å². The Morgan fingerprint density at radius 3 is 2.88 bits per heavy atom. The van der Waals surface area contributed by atoms with E-state index in [-0.39, 0.29) is 18.0 Å². The molecule has 2 atom stereocenters. The zero-order valence-electron chi connectivity index (χ0n) is 13.5. The topological polar surface area (TPSA) is 90.4 Å². The van der Waals surface area contributed by atoms with Crippen LogP contribution in [0, 0.1) is 0 Å². The molecule has 0 amide bonds. The van der Waals surface area contributed by atoms with Gasteiger partial charge in [-0.05, 0) is 18.5 Å². The first-order valence-corrected chi connectivity index (χ1v) is 8.16. The van der Waals surface area contributed by atoms with E-state index in [1.807, 2.05) is 24.3 Å². The van der Waals surface area contributed by atoms with Crippen LogP contribution in [0.4, 0.5) is 5.95 Å². The van der Waals surface area contributed by atoms with E-state index < -0.39 is 0 Å². The number of anilines is 1. The molecule has 1 aliphatic rings. The monoisotopic (exact) mass is 324 g/mol. The first kappa shape index (κ1) is 14.9. The highest BCUT2D eigenvalue weighted by molar-refractivity contribution is 5.47. The maximum absolute atomic E-state index is 6.04. The fourth-order valence-electron chi connectivity index (χ4n) is 2.96. The Kier molecular flexibility index (Phi) is 3.78. The highest BCUT2D eigenvalue weighted by Gasteiger charge is 2.20. The normalized spacial score (nSPS) is 18.8. The Hall–Kier alpha value is -2.67. The fourth-order valence-corrected chi connectivity index (χ4v) is 2.96. The number of benzene rings is 1. The number of rotatable bonds is 4. The minimum absolute atomic E-state index is 0.0949. The Labute approximate surface area is 139 Å². The number of hydrogen-bond acceptors (Lipinski definition) is 6. The first-order valence-electron chi connectivity index (χ1n) is 8.16. The minimum atomic E-state index is 0.0949. The molecule has 0 radical (unpaired) electrons. The van der Waals surface area contributed by atoms with Gasteiger partial charge in [-0.2, -0.15) is 19.6 Å². The van der Waals surface area contributed by atoms with Gasteiger partial charge in [0.1, 0.15) is 6.10 Å². The average Bonchev–Trinajstić information content (AvgIpc) is 3.25. The number of fused-ring (bicyclic) bond motifs is 1. The first-order chi connectivity index (χ1) is 11.7. The van der Waals surface area contributed by atoms with Crippen molar-refractivity contribution in [2.45, 2.75) is 25.4 Å². The summed E-state index contributed by atoms with van der Waals surface area (Å²) in [6.45, 7) is 3.88. The van der Waals surface area contributed by atoms with Gasteiger partial charge >= 0.3 is 6.01 Å². The third kappa shape index (κ3) is 2.78. The maximum Gasteiger partial charge on any atom is 0.322 e. The van der Waals surface area contributed by atoms with E-state index in [1.54, 1.807) is 4.52 Å². The molecule has 124 valence electrons. The highest BCUT2D eigenvalue weighted by atomic mass is 16.5. The predicted octanol–water partition coefficient (Wildman–Crippen LogP) is 1.60. The molecule has 24 heavy (non-hydrogen) atoms. The van der Waals surface area contributed by atoms with E-state index in [2.05, 4.69) is 39.4 Å². The maximum atomic E-state index is 6.04. The van der Waals surface area contributed by atoms with Crippen LogP contribution >= 0.6 is 0 Å². The van der Waals surface area contributed by atoms with Gasteiger partial charge in [0, 0.05) is 18.5 Å². The van der Waals surface area contributed by atoms with Gasteiger partial charge in [0.2, 0.25) is 5.95 Å². The minimum Gasteiger partial charge on any atom is -0.459 e. The molecule has 0 bridgehead atoms. The van der Waals surface area contributed by atoms with Crippen molar-refractivity contribution in [1.29, 1.82) is 0 Å². The summed E-state index contributed by atoms with van der Waals surface area (Å²) in [6.07, 6.45) is 1.04. The molecule has 3 N–H and O–H groups in total. The second-order valence-corrected chi connectivity index (χ2v) is 6.07. The van der Waals surface area contributed by atoms with Crippen molar-refractivity contribution in [3.8, 4) is 6.01 Å². The van der Waals surface area contributed by atoms with Crippen molar-refractivity contribution in [3.63, 3.8) is 0 Å². The van der Waals surface area contributed by atoms with Crippen LogP contribution in [0.15, 0.2) is 36.4 Å². The molecule has 0 unspecified atom stereocenters. The van der Waals surface area contributed by atoms with Crippen LogP contribution in [0.1, 0.15) is 30.5 Å². The summed E-state index contributed by atoms with van der Waals surface area (Å²) in [4.78, 5) is 8.68. The van der Waals surface area contributed by atoms with Crippen molar-refractivity contribution in [2.75, 3.05) is 18.8 Å². The number of nitrogens with two attached hydrogens (primary N) is 1. The number of ether oxygens (including phenoxy) is 1. The molecule has 4 rings (SSSR count). The van der Waals surface area contributed by atoms with Crippen LogP contribution < -0.4 is 15.8 Å². The lowest BCUT2D eigenvalue weighted by Crippen LogP contribution is -2.21. The van der Waals surface area contributed by atoms with Crippen LogP contribution in [-0.4, -0.2) is 38.8 Å². The largest absolute Gasteiger partial charge is 0.459 e. The second kappa shape index (κ2) is 6.09. The molecule has 1 aromatic carbocycles. The van der Waals surface area contributed by atoms with Crippen molar-refractivity contribution < 1.29 is 4.74 Å². The SMILES string of the molecule is C[C@@H](c1ccccc1)c1cc2nc(O[C@@H]3CCNC3)nc(N)n2n1. The Morgan fingerprint density at radius 2 is 2.12 bits per heavy atom. The van der Waals surface area contributed by atoms with Gasteiger partial charge in [0.05, 0.1) is 5.69 Å². The molecule has 0 saturated carbocycles. The summed E-state index contributed by atoms with van der Waals surface area (Å²) < 4.78 is 7.38. The quantitative estimate of drug-likeness (QED) is 0.757. The predicted molar refractivity (Wildman–Crippen MR) is 91.1 cm³/mol. The van der Waals surface area contributed by atoms with E-state index in [9.17, 15) is 0 Å². The number of nitrogen functional groups attached to an aromatic ring is 1. The van der Waals surface area contributed by atoms with E-state index >= 15 is 0 Å². The molecule has 3 heterocycles. The van der Waals surface area contributed by atoms with Crippen LogP contribution in [0.3, 0.4) is 0 Å². The van der Waals surface area contributed by atoms with E-state index in [4.69, 9.17) is 10.5 Å². The average molecular weight is 324 g/mol. The van der Waals surface area contributed by atoms with Gasteiger partial charge in [0.15, 0.2) is 5.65 Å². The van der Waals surface area contributed by atoms with E-state index in [0.29, 0.717) is 11.7 Å². The van der Waals surface area contributed by atoms with Crippen LogP contribution in [0.25, 0.3) is 5.65 Å². The van der Waals surface area contributed by atoms with Gasteiger partial charge in [-0.25, -0.2) is 0 Å². The van der Waals surface area contributed by atoms with Crippen molar-refractivity contribution in [2.24, 2.45) is 0 Å². The lowest BCUT2D eigenvalue weighted by atomic mass is 9.98. The Morgan fingerprint density at radius 1 is 1.29 bits per heavy atom. The zero-order chi connectivity index (χ0) is 16.5. The van der Waals surface area contributed by atoms with Gasteiger partial charge < -0.3 is 15.8 Å². The number of nitrogens with zero attached hydrogens (tertiary/aromatic N) is 4. The van der Waals surface area contributed by atoms with Crippen LogP contribution in [0.2, 0.25) is 0 Å². The summed E-state index contributed by atoms with van der Waals surface area (Å²) in [6, 6.07) is 12.5. The molecule has 0 spiro atoms. The second-order valence-electron chi connectivity index (χ2n) is 6.07. The number of hydrogen-bond donors (Lipinski definition) is 2.